The maximum atomic E-state index is 11.8. The van der Waals surface area contributed by atoms with Crippen molar-refractivity contribution < 1.29 is 38.9 Å². The summed E-state index contributed by atoms with van der Waals surface area (Å²) in [6.07, 6.45) is 2.33. The van der Waals surface area contributed by atoms with Gasteiger partial charge in [-0.05, 0) is 52.0 Å². The highest BCUT2D eigenvalue weighted by molar-refractivity contribution is 5.81. The van der Waals surface area contributed by atoms with E-state index in [0.29, 0.717) is 12.8 Å². The van der Waals surface area contributed by atoms with Crippen molar-refractivity contribution in [1.29, 1.82) is 0 Å². The number of carboxylic acids is 2. The highest BCUT2D eigenvalue weighted by atomic mass is 16.6. The summed E-state index contributed by atoms with van der Waals surface area (Å²) < 4.78 is 10.1. The Morgan fingerprint density at radius 2 is 1.70 bits per heavy atom. The third-order valence-corrected chi connectivity index (χ3v) is 4.31. The second-order valence-electron chi connectivity index (χ2n) is 8.35. The molecule has 0 saturated carbocycles. The van der Waals surface area contributed by atoms with Crippen molar-refractivity contribution in [1.82, 2.24) is 10.6 Å². The number of nitrogens with one attached hydrogen (secondary N) is 2. The zero-order chi connectivity index (χ0) is 24.9. The van der Waals surface area contributed by atoms with Crippen molar-refractivity contribution >= 4 is 24.1 Å². The number of amides is 2. The molecule has 0 fully saturated rings. The van der Waals surface area contributed by atoms with Crippen LogP contribution in [0.5, 0.6) is 0 Å². The van der Waals surface area contributed by atoms with Gasteiger partial charge >= 0.3 is 24.1 Å². The molecule has 0 saturated heterocycles. The summed E-state index contributed by atoms with van der Waals surface area (Å²) in [5.41, 5.74) is 0.0467. The molecule has 182 valence electrons. The van der Waals surface area contributed by atoms with Gasteiger partial charge in [0.25, 0.3) is 0 Å². The lowest BCUT2D eigenvalue weighted by Gasteiger charge is -2.23. The molecule has 1 aromatic carbocycles. The van der Waals surface area contributed by atoms with Crippen molar-refractivity contribution in [2.45, 2.75) is 64.7 Å². The molecule has 1 aromatic rings. The molecule has 33 heavy (non-hydrogen) atoms. The molecular weight excluding hydrogens is 432 g/mol. The SMILES string of the molecule is CC(C)(C)OC(=O)NC(C[C@@H](CCCC=CNC(=O)OCc1ccccc1)C(=O)O)C(=O)O. The van der Waals surface area contributed by atoms with Crippen LogP contribution < -0.4 is 10.6 Å². The zero-order valence-corrected chi connectivity index (χ0v) is 19.1. The maximum Gasteiger partial charge on any atom is 0.411 e. The third-order valence-electron chi connectivity index (χ3n) is 4.31. The minimum absolute atomic E-state index is 0.142. The first-order valence-corrected chi connectivity index (χ1v) is 10.6. The Morgan fingerprint density at radius 3 is 2.27 bits per heavy atom. The van der Waals surface area contributed by atoms with Gasteiger partial charge in [0.1, 0.15) is 18.2 Å². The van der Waals surface area contributed by atoms with Crippen molar-refractivity contribution in [3.8, 4) is 0 Å². The molecule has 0 bridgehead atoms. The Kier molecular flexibility index (Phi) is 11.5. The predicted octanol–water partition coefficient (Wildman–Crippen LogP) is 3.67. The molecule has 1 unspecified atom stereocenters. The summed E-state index contributed by atoms with van der Waals surface area (Å²) in [5, 5.41) is 23.4. The van der Waals surface area contributed by atoms with E-state index in [4.69, 9.17) is 9.47 Å². The lowest BCUT2D eigenvalue weighted by Crippen LogP contribution is -2.45. The molecule has 10 heteroatoms. The van der Waals surface area contributed by atoms with Crippen LogP contribution in [0.4, 0.5) is 9.59 Å². The van der Waals surface area contributed by atoms with Gasteiger partial charge in [-0.1, -0.05) is 36.4 Å². The summed E-state index contributed by atoms with van der Waals surface area (Å²) in [6, 6.07) is 7.82. The van der Waals surface area contributed by atoms with Crippen molar-refractivity contribution in [2.75, 3.05) is 0 Å². The number of allylic oxidation sites excluding steroid dienone is 1. The van der Waals surface area contributed by atoms with Gasteiger partial charge in [0.2, 0.25) is 0 Å². The number of carboxylic acid groups (broad SMARTS) is 2. The Balaban J connectivity index is 2.40. The molecule has 0 heterocycles. The van der Waals surface area contributed by atoms with Gasteiger partial charge in [-0.3, -0.25) is 10.1 Å². The van der Waals surface area contributed by atoms with Crippen LogP contribution in [0.1, 0.15) is 52.0 Å². The summed E-state index contributed by atoms with van der Waals surface area (Å²) in [6.45, 7) is 5.04. The number of hydrogen-bond acceptors (Lipinski definition) is 6. The van der Waals surface area contributed by atoms with Gasteiger partial charge < -0.3 is 25.0 Å². The fourth-order valence-electron chi connectivity index (χ4n) is 2.76. The van der Waals surface area contributed by atoms with E-state index >= 15 is 0 Å². The second kappa shape index (κ2) is 13.8. The molecule has 0 aliphatic carbocycles. The van der Waals surface area contributed by atoms with Crippen LogP contribution in [-0.2, 0) is 25.7 Å². The van der Waals surface area contributed by atoms with Crippen LogP contribution in [0.3, 0.4) is 0 Å². The molecule has 10 nitrogen and oxygen atoms in total. The Hall–Kier alpha value is -3.56. The number of alkyl carbamates (subject to hydrolysis) is 2. The number of benzene rings is 1. The summed E-state index contributed by atoms with van der Waals surface area (Å²) in [7, 11) is 0. The lowest BCUT2D eigenvalue weighted by atomic mass is 9.94. The predicted molar refractivity (Wildman–Crippen MR) is 119 cm³/mol. The molecule has 0 aromatic heterocycles. The van der Waals surface area contributed by atoms with Gasteiger partial charge in [0, 0.05) is 6.20 Å². The van der Waals surface area contributed by atoms with Crippen LogP contribution in [-0.4, -0.2) is 46.0 Å². The molecule has 2 atom stereocenters. The fourth-order valence-corrected chi connectivity index (χ4v) is 2.76. The van der Waals surface area contributed by atoms with E-state index < -0.39 is 41.7 Å². The minimum Gasteiger partial charge on any atom is -0.481 e. The summed E-state index contributed by atoms with van der Waals surface area (Å²) in [4.78, 5) is 46.5. The molecule has 0 aliphatic rings. The number of aliphatic carboxylic acids is 2. The number of ether oxygens (including phenoxy) is 2. The van der Waals surface area contributed by atoms with Crippen LogP contribution in [0.25, 0.3) is 0 Å². The normalized spacial score (nSPS) is 13.1. The quantitative estimate of drug-likeness (QED) is 0.342. The molecule has 4 N–H and O–H groups in total. The van der Waals surface area contributed by atoms with Gasteiger partial charge in [-0.15, -0.1) is 0 Å². The van der Waals surface area contributed by atoms with Gasteiger partial charge in [-0.2, -0.15) is 0 Å². The Labute approximate surface area is 193 Å². The zero-order valence-electron chi connectivity index (χ0n) is 19.1. The number of unbranched alkanes of at least 4 members (excludes halogenated alkanes) is 1. The van der Waals surface area contributed by atoms with E-state index in [1.165, 1.54) is 6.20 Å². The highest BCUT2D eigenvalue weighted by Gasteiger charge is 2.29. The van der Waals surface area contributed by atoms with E-state index in [2.05, 4.69) is 10.6 Å². The number of carbonyl (C=O) groups is 4. The first-order valence-electron chi connectivity index (χ1n) is 10.6. The van der Waals surface area contributed by atoms with Crippen molar-refractivity contribution in [3.63, 3.8) is 0 Å². The van der Waals surface area contributed by atoms with E-state index in [-0.39, 0.29) is 19.4 Å². The van der Waals surface area contributed by atoms with E-state index in [0.717, 1.165) is 5.56 Å². The first-order chi connectivity index (χ1) is 15.5. The largest absolute Gasteiger partial charge is 0.481 e. The van der Waals surface area contributed by atoms with E-state index in [1.807, 2.05) is 30.3 Å². The van der Waals surface area contributed by atoms with Gasteiger partial charge in [-0.25, -0.2) is 14.4 Å². The molecule has 0 spiro atoms. The molecule has 1 rings (SSSR count). The van der Waals surface area contributed by atoms with Crippen molar-refractivity contribution in [3.05, 3.63) is 48.2 Å². The number of rotatable bonds is 12. The Morgan fingerprint density at radius 1 is 1.03 bits per heavy atom. The topological polar surface area (TPSA) is 151 Å². The third kappa shape index (κ3) is 12.8. The number of hydrogen-bond donors (Lipinski definition) is 4. The highest BCUT2D eigenvalue weighted by Crippen LogP contribution is 2.17. The van der Waals surface area contributed by atoms with Crippen LogP contribution in [0.2, 0.25) is 0 Å². The minimum atomic E-state index is -1.39. The van der Waals surface area contributed by atoms with E-state index in [1.54, 1.807) is 26.8 Å². The maximum absolute atomic E-state index is 11.8. The fraction of sp³-hybridized carbons (Fsp3) is 0.478. The first kappa shape index (κ1) is 27.5. The smallest absolute Gasteiger partial charge is 0.411 e. The van der Waals surface area contributed by atoms with Crippen LogP contribution in [0.15, 0.2) is 42.6 Å². The molecule has 2 amide bonds. The standard InChI is InChI=1S/C23H32N2O8/c1-23(2,3)33-22(31)25-18(20(28)29)14-17(19(26)27)12-8-5-9-13-24-21(30)32-15-16-10-6-4-7-11-16/h4,6-7,9-11,13,17-18H,5,8,12,14-15H2,1-3H3,(H,24,30)(H,25,31)(H,26,27)(H,28,29)/t17-,18?/m1/s1. The Bertz CT molecular complexity index is 818. The van der Waals surface area contributed by atoms with Gasteiger partial charge in [0.15, 0.2) is 0 Å². The average molecular weight is 465 g/mol. The number of carbonyl (C=O) groups excluding carboxylic acids is 2. The lowest BCUT2D eigenvalue weighted by molar-refractivity contribution is -0.144. The van der Waals surface area contributed by atoms with Crippen molar-refractivity contribution in [2.24, 2.45) is 5.92 Å². The van der Waals surface area contributed by atoms with Crippen LogP contribution in [0, 0.1) is 5.92 Å². The summed E-state index contributed by atoms with van der Waals surface area (Å²) in [5.74, 6) is -3.47. The van der Waals surface area contributed by atoms with Crippen LogP contribution >= 0.6 is 0 Å². The molecule has 0 aliphatic heterocycles. The molecule has 0 radical (unpaired) electrons. The summed E-state index contributed by atoms with van der Waals surface area (Å²) >= 11 is 0. The van der Waals surface area contributed by atoms with E-state index in [9.17, 15) is 29.4 Å². The van der Waals surface area contributed by atoms with Gasteiger partial charge in [0.05, 0.1) is 5.92 Å². The monoisotopic (exact) mass is 464 g/mol. The average Bonchev–Trinajstić information content (AvgIpc) is 2.72. The molecular formula is C23H32N2O8. The second-order valence-corrected chi connectivity index (χ2v) is 8.35.